The molecule has 3 rings (SSSR count). The van der Waals surface area contributed by atoms with E-state index in [1.54, 1.807) is 12.1 Å². The smallest absolute Gasteiger partial charge is 0.335 e. The Labute approximate surface area is 131 Å². The zero-order valence-electron chi connectivity index (χ0n) is 12.8. The Morgan fingerprint density at radius 1 is 1.05 bits per heavy atom. The molecule has 2 fully saturated rings. The number of carboxylic acids is 1. The van der Waals surface area contributed by atoms with Crippen LogP contribution >= 0.6 is 0 Å². The molecule has 0 heterocycles. The average Bonchev–Trinajstić information content (AvgIpc) is 3.37. The molecule has 22 heavy (non-hydrogen) atoms. The second-order valence-electron chi connectivity index (χ2n) is 6.58. The minimum absolute atomic E-state index is 0.00176. The lowest BCUT2D eigenvalue weighted by Crippen LogP contribution is -2.42. The first kappa shape index (κ1) is 15.1. The third-order valence-electron chi connectivity index (χ3n) is 4.78. The number of carboxylic acid groups (broad SMARTS) is 1. The van der Waals surface area contributed by atoms with E-state index in [1.807, 2.05) is 4.90 Å². The summed E-state index contributed by atoms with van der Waals surface area (Å²) in [5.74, 6) is -0.337. The molecule has 0 aliphatic heterocycles. The summed E-state index contributed by atoms with van der Waals surface area (Å²) in [7, 11) is 0. The van der Waals surface area contributed by atoms with Gasteiger partial charge in [-0.1, -0.05) is 25.3 Å². The molecule has 1 amide bonds. The molecular weight excluding hydrogens is 278 g/mol. The molecule has 0 unspecified atom stereocenters. The molecule has 4 nitrogen and oxygen atoms in total. The van der Waals surface area contributed by atoms with Gasteiger partial charge in [0.1, 0.15) is 0 Å². The van der Waals surface area contributed by atoms with Crippen LogP contribution in [0.25, 0.3) is 0 Å². The number of amides is 1. The lowest BCUT2D eigenvalue weighted by Gasteiger charge is -2.34. The lowest BCUT2D eigenvalue weighted by atomic mass is 9.93. The van der Waals surface area contributed by atoms with E-state index in [2.05, 4.69) is 0 Å². The van der Waals surface area contributed by atoms with Gasteiger partial charge in [0.25, 0.3) is 5.91 Å². The van der Waals surface area contributed by atoms with Gasteiger partial charge in [0.2, 0.25) is 0 Å². The van der Waals surface area contributed by atoms with Crippen LogP contribution in [0.2, 0.25) is 0 Å². The molecule has 0 aromatic heterocycles. The molecule has 0 bridgehead atoms. The van der Waals surface area contributed by atoms with Crippen LogP contribution in [-0.2, 0) is 0 Å². The molecule has 0 saturated heterocycles. The van der Waals surface area contributed by atoms with Gasteiger partial charge in [-0.15, -0.1) is 0 Å². The Bertz CT molecular complexity index is 559. The van der Waals surface area contributed by atoms with E-state index in [1.165, 1.54) is 44.2 Å². The third kappa shape index (κ3) is 3.49. The number of carbonyl (C=O) groups is 2. The van der Waals surface area contributed by atoms with Crippen molar-refractivity contribution in [1.29, 1.82) is 0 Å². The van der Waals surface area contributed by atoms with Crippen molar-refractivity contribution in [3.63, 3.8) is 0 Å². The van der Waals surface area contributed by atoms with Crippen molar-refractivity contribution >= 4 is 11.9 Å². The molecule has 118 valence electrons. The van der Waals surface area contributed by atoms with Gasteiger partial charge in [0.15, 0.2) is 0 Å². The maximum atomic E-state index is 12.9. The van der Waals surface area contributed by atoms with E-state index in [-0.39, 0.29) is 11.5 Å². The van der Waals surface area contributed by atoms with Crippen LogP contribution in [0.15, 0.2) is 24.3 Å². The minimum atomic E-state index is -0.985. The van der Waals surface area contributed by atoms with Crippen molar-refractivity contribution in [1.82, 2.24) is 4.90 Å². The summed E-state index contributed by atoms with van der Waals surface area (Å²) in [5, 5.41) is 9.11. The van der Waals surface area contributed by atoms with Gasteiger partial charge in [0.05, 0.1) is 5.56 Å². The number of rotatable bonds is 5. The van der Waals surface area contributed by atoms with Crippen LogP contribution in [0.3, 0.4) is 0 Å². The fraction of sp³-hybridized carbons (Fsp3) is 0.556. The highest BCUT2D eigenvalue weighted by Gasteiger charge is 2.32. The molecule has 0 atom stereocenters. The van der Waals surface area contributed by atoms with Crippen LogP contribution in [0.5, 0.6) is 0 Å². The number of carbonyl (C=O) groups excluding carboxylic acids is 1. The highest BCUT2D eigenvalue weighted by molar-refractivity contribution is 5.97. The Morgan fingerprint density at radius 2 is 1.73 bits per heavy atom. The summed E-state index contributed by atoms with van der Waals surface area (Å²) in [5.41, 5.74) is 0.687. The van der Waals surface area contributed by atoms with Gasteiger partial charge in [0, 0.05) is 18.2 Å². The monoisotopic (exact) mass is 301 g/mol. The van der Waals surface area contributed by atoms with Crippen molar-refractivity contribution in [2.45, 2.75) is 51.0 Å². The van der Waals surface area contributed by atoms with E-state index in [0.717, 1.165) is 19.4 Å². The van der Waals surface area contributed by atoms with Crippen LogP contribution in [0.4, 0.5) is 0 Å². The molecule has 2 saturated carbocycles. The topological polar surface area (TPSA) is 57.6 Å². The van der Waals surface area contributed by atoms with Crippen molar-refractivity contribution in [2.24, 2.45) is 5.92 Å². The van der Waals surface area contributed by atoms with E-state index < -0.39 is 5.97 Å². The molecule has 1 N–H and O–H groups in total. The van der Waals surface area contributed by atoms with E-state index in [9.17, 15) is 9.59 Å². The normalized spacial score (nSPS) is 18.9. The minimum Gasteiger partial charge on any atom is -0.478 e. The van der Waals surface area contributed by atoms with E-state index in [0.29, 0.717) is 17.5 Å². The van der Waals surface area contributed by atoms with Gasteiger partial charge in [-0.3, -0.25) is 4.79 Å². The first-order chi connectivity index (χ1) is 10.6. The number of hydrogen-bond acceptors (Lipinski definition) is 2. The molecule has 0 radical (unpaired) electrons. The summed E-state index contributed by atoms with van der Waals surface area (Å²) >= 11 is 0. The fourth-order valence-electron chi connectivity index (χ4n) is 3.32. The Balaban J connectivity index is 1.81. The largest absolute Gasteiger partial charge is 0.478 e. The standard InChI is InChI=1S/C18H23NO3/c20-17(14-5-4-6-15(11-14)18(21)22)19(12-13-9-10-13)16-7-2-1-3-8-16/h4-6,11,13,16H,1-3,7-10,12H2,(H,21,22). The van der Waals surface area contributed by atoms with Crippen molar-refractivity contribution in [2.75, 3.05) is 6.54 Å². The van der Waals surface area contributed by atoms with Crippen molar-refractivity contribution in [3.05, 3.63) is 35.4 Å². The number of aromatic carboxylic acids is 1. The summed E-state index contributed by atoms with van der Waals surface area (Å²) in [6.07, 6.45) is 8.23. The molecule has 1 aromatic carbocycles. The molecule has 4 heteroatoms. The summed E-state index contributed by atoms with van der Waals surface area (Å²) < 4.78 is 0. The van der Waals surface area contributed by atoms with Crippen LogP contribution in [-0.4, -0.2) is 34.5 Å². The van der Waals surface area contributed by atoms with E-state index in [4.69, 9.17) is 5.11 Å². The lowest BCUT2D eigenvalue weighted by molar-refractivity contribution is 0.0622. The number of benzene rings is 1. The SMILES string of the molecule is O=C(O)c1cccc(C(=O)N(CC2CC2)C2CCCCC2)c1. The molecule has 2 aliphatic carbocycles. The Kier molecular flexibility index (Phi) is 4.46. The highest BCUT2D eigenvalue weighted by Crippen LogP contribution is 2.33. The zero-order chi connectivity index (χ0) is 15.5. The van der Waals surface area contributed by atoms with Gasteiger partial charge < -0.3 is 10.0 Å². The quantitative estimate of drug-likeness (QED) is 0.904. The van der Waals surface area contributed by atoms with Gasteiger partial charge in [-0.25, -0.2) is 4.79 Å². The van der Waals surface area contributed by atoms with E-state index >= 15 is 0 Å². The Hall–Kier alpha value is -1.84. The second-order valence-corrected chi connectivity index (χ2v) is 6.58. The number of nitrogens with zero attached hydrogens (tertiary/aromatic N) is 1. The summed E-state index contributed by atoms with van der Waals surface area (Å²) in [6, 6.07) is 6.76. The maximum Gasteiger partial charge on any atom is 0.335 e. The molecule has 2 aliphatic rings. The predicted octanol–water partition coefficient (Wildman–Crippen LogP) is 3.57. The van der Waals surface area contributed by atoms with Crippen LogP contribution in [0.1, 0.15) is 65.7 Å². The van der Waals surface area contributed by atoms with Crippen molar-refractivity contribution in [3.8, 4) is 0 Å². The van der Waals surface area contributed by atoms with Crippen LogP contribution < -0.4 is 0 Å². The highest BCUT2D eigenvalue weighted by atomic mass is 16.4. The Morgan fingerprint density at radius 3 is 2.36 bits per heavy atom. The van der Waals surface area contributed by atoms with Crippen LogP contribution in [0, 0.1) is 5.92 Å². The molecule has 0 spiro atoms. The predicted molar refractivity (Wildman–Crippen MR) is 84.0 cm³/mol. The summed E-state index contributed by atoms with van der Waals surface area (Å²) in [4.78, 5) is 26.1. The van der Waals surface area contributed by atoms with Gasteiger partial charge in [-0.2, -0.15) is 0 Å². The average molecular weight is 301 g/mol. The van der Waals surface area contributed by atoms with Crippen molar-refractivity contribution < 1.29 is 14.7 Å². The molecule has 1 aromatic rings. The number of hydrogen-bond donors (Lipinski definition) is 1. The second kappa shape index (κ2) is 6.51. The zero-order valence-corrected chi connectivity index (χ0v) is 12.8. The van der Waals surface area contributed by atoms with Gasteiger partial charge in [-0.05, 0) is 49.8 Å². The molecular formula is C18H23NO3. The fourth-order valence-corrected chi connectivity index (χ4v) is 3.32. The first-order valence-corrected chi connectivity index (χ1v) is 8.29. The van der Waals surface area contributed by atoms with Gasteiger partial charge >= 0.3 is 5.97 Å². The first-order valence-electron chi connectivity index (χ1n) is 8.29. The third-order valence-corrected chi connectivity index (χ3v) is 4.78. The summed E-state index contributed by atoms with van der Waals surface area (Å²) in [6.45, 7) is 0.834. The maximum absolute atomic E-state index is 12.9.